The monoisotopic (exact) mass is 357 g/mol. The number of amides is 2. The van der Waals surface area contributed by atoms with E-state index in [9.17, 15) is 4.79 Å². The van der Waals surface area contributed by atoms with Crippen LogP contribution in [0.15, 0.2) is 36.4 Å². The summed E-state index contributed by atoms with van der Waals surface area (Å²) in [6, 6.07) is 11.2. The molecule has 1 saturated carbocycles. The van der Waals surface area contributed by atoms with Gasteiger partial charge < -0.3 is 15.1 Å². The van der Waals surface area contributed by atoms with Gasteiger partial charge in [-0.15, -0.1) is 5.10 Å². The molecule has 1 aliphatic heterocycles. The fraction of sp³-hybridized carbons (Fsp3) is 0.389. The molecule has 1 N–H and O–H groups in total. The summed E-state index contributed by atoms with van der Waals surface area (Å²) in [6.07, 6.45) is 2.46. The molecule has 0 unspecified atom stereocenters. The molecule has 6 nitrogen and oxygen atoms in total. The fourth-order valence-electron chi connectivity index (χ4n) is 2.98. The van der Waals surface area contributed by atoms with Crippen LogP contribution >= 0.6 is 11.6 Å². The molecule has 2 aliphatic rings. The van der Waals surface area contributed by atoms with Crippen molar-refractivity contribution in [3.05, 3.63) is 47.1 Å². The zero-order valence-corrected chi connectivity index (χ0v) is 14.6. The topological polar surface area (TPSA) is 61.4 Å². The van der Waals surface area contributed by atoms with Crippen LogP contribution in [0.3, 0.4) is 0 Å². The van der Waals surface area contributed by atoms with Gasteiger partial charge in [-0.3, -0.25) is 0 Å². The van der Waals surface area contributed by atoms with Crippen LogP contribution in [0.5, 0.6) is 0 Å². The van der Waals surface area contributed by atoms with Crippen molar-refractivity contribution in [2.45, 2.75) is 18.8 Å². The predicted molar refractivity (Wildman–Crippen MR) is 98.3 cm³/mol. The van der Waals surface area contributed by atoms with Gasteiger partial charge in [-0.25, -0.2) is 4.79 Å². The fourth-order valence-corrected chi connectivity index (χ4v) is 3.10. The number of nitrogens with one attached hydrogen (secondary N) is 1. The lowest BCUT2D eigenvalue weighted by atomic mass is 10.2. The summed E-state index contributed by atoms with van der Waals surface area (Å²) in [5.41, 5.74) is 1.85. The number of aromatic nitrogens is 2. The average Bonchev–Trinajstić information content (AvgIpc) is 3.49. The number of piperazine rings is 1. The number of rotatable bonds is 3. The van der Waals surface area contributed by atoms with Gasteiger partial charge in [-0.2, -0.15) is 5.10 Å². The molecule has 0 radical (unpaired) electrons. The Balaban J connectivity index is 1.31. The van der Waals surface area contributed by atoms with E-state index in [0.717, 1.165) is 30.3 Å². The second-order valence-corrected chi connectivity index (χ2v) is 6.94. The van der Waals surface area contributed by atoms with Crippen molar-refractivity contribution in [3.63, 3.8) is 0 Å². The van der Waals surface area contributed by atoms with E-state index in [-0.39, 0.29) is 6.03 Å². The van der Waals surface area contributed by atoms with Crippen LogP contribution in [-0.4, -0.2) is 47.3 Å². The molecule has 1 aliphatic carbocycles. The lowest BCUT2D eigenvalue weighted by Crippen LogP contribution is -2.50. The van der Waals surface area contributed by atoms with E-state index >= 15 is 0 Å². The average molecular weight is 358 g/mol. The first-order valence-corrected chi connectivity index (χ1v) is 8.97. The van der Waals surface area contributed by atoms with Crippen molar-refractivity contribution in [3.8, 4) is 0 Å². The van der Waals surface area contributed by atoms with Crippen LogP contribution in [0.2, 0.25) is 5.02 Å². The first-order chi connectivity index (χ1) is 12.2. The van der Waals surface area contributed by atoms with Crippen molar-refractivity contribution in [2.75, 3.05) is 36.4 Å². The predicted octanol–water partition coefficient (Wildman–Crippen LogP) is 3.36. The highest BCUT2D eigenvalue weighted by molar-refractivity contribution is 6.30. The third-order valence-electron chi connectivity index (χ3n) is 4.65. The maximum atomic E-state index is 12.4. The Labute approximate surface area is 151 Å². The van der Waals surface area contributed by atoms with Crippen LogP contribution < -0.4 is 10.2 Å². The molecule has 1 aromatic carbocycles. The lowest BCUT2D eigenvalue weighted by Gasteiger charge is -2.35. The number of hydrogen-bond acceptors (Lipinski definition) is 4. The van der Waals surface area contributed by atoms with Gasteiger partial charge in [-0.05, 0) is 49.2 Å². The Morgan fingerprint density at radius 2 is 1.72 bits per heavy atom. The number of urea groups is 1. The van der Waals surface area contributed by atoms with Gasteiger partial charge in [0.1, 0.15) is 0 Å². The number of carbonyl (C=O) groups excluding carboxylic acids is 1. The van der Waals surface area contributed by atoms with E-state index < -0.39 is 0 Å². The molecule has 2 amide bonds. The second-order valence-electron chi connectivity index (χ2n) is 6.50. The minimum Gasteiger partial charge on any atom is -0.352 e. The Hall–Kier alpha value is -2.34. The van der Waals surface area contributed by atoms with Crippen molar-refractivity contribution in [1.29, 1.82) is 0 Å². The van der Waals surface area contributed by atoms with E-state index in [4.69, 9.17) is 11.6 Å². The zero-order valence-electron chi connectivity index (χ0n) is 13.9. The maximum absolute atomic E-state index is 12.4. The number of halogens is 1. The van der Waals surface area contributed by atoms with Crippen LogP contribution in [0.1, 0.15) is 24.5 Å². The first kappa shape index (κ1) is 16.1. The number of hydrogen-bond donors (Lipinski definition) is 1. The van der Waals surface area contributed by atoms with Crippen molar-refractivity contribution in [1.82, 2.24) is 15.1 Å². The van der Waals surface area contributed by atoms with Gasteiger partial charge in [0.15, 0.2) is 5.82 Å². The smallest absolute Gasteiger partial charge is 0.321 e. The Bertz CT molecular complexity index is 737. The van der Waals surface area contributed by atoms with E-state index in [1.807, 2.05) is 11.0 Å². The normalized spacial score (nSPS) is 17.5. The molecule has 1 saturated heterocycles. The molecule has 25 heavy (non-hydrogen) atoms. The van der Waals surface area contributed by atoms with Gasteiger partial charge in [-0.1, -0.05) is 11.6 Å². The molecule has 7 heteroatoms. The third-order valence-corrected chi connectivity index (χ3v) is 4.91. The molecule has 0 spiro atoms. The summed E-state index contributed by atoms with van der Waals surface area (Å²) in [5, 5.41) is 12.2. The SMILES string of the molecule is O=C(Nc1ccc(Cl)cc1)N1CCN(c2ccc(C3CC3)nn2)CC1. The molecule has 1 aromatic heterocycles. The Kier molecular flexibility index (Phi) is 4.44. The molecule has 0 atom stereocenters. The summed E-state index contributed by atoms with van der Waals surface area (Å²) in [4.78, 5) is 16.4. The number of benzene rings is 1. The number of anilines is 2. The van der Waals surface area contributed by atoms with E-state index in [1.165, 1.54) is 12.8 Å². The van der Waals surface area contributed by atoms with Crippen molar-refractivity contribution < 1.29 is 4.79 Å². The third kappa shape index (κ3) is 3.85. The molecule has 2 aromatic rings. The molecule has 4 rings (SSSR count). The highest BCUT2D eigenvalue weighted by atomic mass is 35.5. The van der Waals surface area contributed by atoms with Crippen molar-refractivity contribution in [2.24, 2.45) is 0 Å². The largest absolute Gasteiger partial charge is 0.352 e. The van der Waals surface area contributed by atoms with Gasteiger partial charge >= 0.3 is 6.03 Å². The van der Waals surface area contributed by atoms with Crippen LogP contribution in [0.25, 0.3) is 0 Å². The molecule has 2 fully saturated rings. The minimum atomic E-state index is -0.0860. The van der Waals surface area contributed by atoms with Crippen molar-refractivity contribution >= 4 is 29.1 Å². The molecular weight excluding hydrogens is 338 g/mol. The summed E-state index contributed by atoms with van der Waals surface area (Å²) < 4.78 is 0. The second kappa shape index (κ2) is 6.88. The maximum Gasteiger partial charge on any atom is 0.321 e. The standard InChI is InChI=1S/C18H20ClN5O/c19-14-3-5-15(6-4-14)20-18(25)24-11-9-23(10-12-24)17-8-7-16(21-22-17)13-1-2-13/h3-8,13H,1-2,9-12H2,(H,20,25). The molecular formula is C18H20ClN5O. The quantitative estimate of drug-likeness (QED) is 0.915. The minimum absolute atomic E-state index is 0.0860. The highest BCUT2D eigenvalue weighted by Gasteiger charge is 2.26. The zero-order chi connectivity index (χ0) is 17.2. The number of nitrogens with zero attached hydrogens (tertiary/aromatic N) is 4. The summed E-state index contributed by atoms with van der Waals surface area (Å²) in [5.74, 6) is 1.51. The van der Waals surface area contributed by atoms with Gasteiger partial charge in [0.2, 0.25) is 0 Å². The summed E-state index contributed by atoms with van der Waals surface area (Å²) in [6.45, 7) is 2.83. The van der Waals surface area contributed by atoms with E-state index in [0.29, 0.717) is 24.0 Å². The highest BCUT2D eigenvalue weighted by Crippen LogP contribution is 2.38. The van der Waals surface area contributed by atoms with Crippen LogP contribution in [-0.2, 0) is 0 Å². The van der Waals surface area contributed by atoms with Gasteiger partial charge in [0.05, 0.1) is 5.69 Å². The van der Waals surface area contributed by atoms with Gasteiger partial charge in [0, 0.05) is 42.8 Å². The first-order valence-electron chi connectivity index (χ1n) is 8.59. The molecule has 130 valence electrons. The summed E-state index contributed by atoms with van der Waals surface area (Å²) in [7, 11) is 0. The summed E-state index contributed by atoms with van der Waals surface area (Å²) >= 11 is 5.86. The van der Waals surface area contributed by atoms with Gasteiger partial charge in [0.25, 0.3) is 0 Å². The molecule has 2 heterocycles. The Morgan fingerprint density at radius 1 is 1.00 bits per heavy atom. The number of carbonyl (C=O) groups is 1. The van der Waals surface area contributed by atoms with E-state index in [2.05, 4.69) is 26.5 Å². The van der Waals surface area contributed by atoms with Crippen LogP contribution in [0, 0.1) is 0 Å². The lowest BCUT2D eigenvalue weighted by molar-refractivity contribution is 0.208. The van der Waals surface area contributed by atoms with E-state index in [1.54, 1.807) is 24.3 Å². The Morgan fingerprint density at radius 3 is 2.32 bits per heavy atom. The van der Waals surface area contributed by atoms with Crippen LogP contribution in [0.4, 0.5) is 16.3 Å². The molecule has 0 bridgehead atoms.